The molecule has 10 nitrogen and oxygen atoms in total. The summed E-state index contributed by atoms with van der Waals surface area (Å²) in [5.74, 6) is -0.364. The highest BCUT2D eigenvalue weighted by Gasteiger charge is 2.14. The Kier molecular flexibility index (Phi) is 7.25. The maximum Gasteiger partial charge on any atom is 0.271 e. The first-order valence-electron chi connectivity index (χ1n) is 11.0. The quantitative estimate of drug-likeness (QED) is 0.162. The minimum Gasteiger partial charge on any atom is -0.325 e. The maximum atomic E-state index is 13.2. The zero-order valence-electron chi connectivity index (χ0n) is 19.3. The van der Waals surface area contributed by atoms with E-state index in [0.29, 0.717) is 41.3 Å². The van der Waals surface area contributed by atoms with Crippen LogP contribution in [0.25, 0.3) is 10.9 Å². The standard InChI is InChI=1S/C24H24N6O4S/c1-16-13-17(2)29(27-16)12-6-11-28-23(32)20-9-3-4-10-21(20)26-24(28)35-15-22(31)25-18-7-5-8-19(14-18)30(33)34/h3-5,7-10,13-14H,6,11-12,15H2,1-2H3,(H,25,31). The number of rotatable bonds is 9. The van der Waals surface area contributed by atoms with Crippen molar-refractivity contribution in [3.8, 4) is 0 Å². The number of nitrogens with one attached hydrogen (secondary N) is 1. The molecule has 1 amide bonds. The van der Waals surface area contributed by atoms with Crippen LogP contribution in [0.3, 0.4) is 0 Å². The molecular formula is C24H24N6O4S. The molecule has 0 saturated carbocycles. The third-order valence-electron chi connectivity index (χ3n) is 5.35. The smallest absolute Gasteiger partial charge is 0.271 e. The third kappa shape index (κ3) is 5.75. The molecule has 0 spiro atoms. The maximum absolute atomic E-state index is 13.2. The van der Waals surface area contributed by atoms with Gasteiger partial charge in [0.05, 0.1) is 27.3 Å². The number of carbonyl (C=O) groups excluding carboxylic acids is 1. The molecule has 180 valence electrons. The van der Waals surface area contributed by atoms with Gasteiger partial charge in [-0.3, -0.25) is 29.0 Å². The number of nitro benzene ring substituents is 1. The van der Waals surface area contributed by atoms with Crippen molar-refractivity contribution in [1.29, 1.82) is 0 Å². The molecule has 0 aliphatic heterocycles. The monoisotopic (exact) mass is 492 g/mol. The predicted octanol–water partition coefficient (Wildman–Crippen LogP) is 3.94. The number of thioether (sulfide) groups is 1. The van der Waals surface area contributed by atoms with E-state index in [0.717, 1.165) is 23.1 Å². The first-order valence-corrected chi connectivity index (χ1v) is 12.0. The van der Waals surface area contributed by atoms with Crippen molar-refractivity contribution in [1.82, 2.24) is 19.3 Å². The van der Waals surface area contributed by atoms with Crippen LogP contribution in [0.1, 0.15) is 17.8 Å². The Bertz CT molecular complexity index is 1460. The van der Waals surface area contributed by atoms with Crippen LogP contribution in [0.5, 0.6) is 0 Å². The van der Waals surface area contributed by atoms with Crippen LogP contribution < -0.4 is 10.9 Å². The van der Waals surface area contributed by atoms with Crippen molar-refractivity contribution in [2.24, 2.45) is 0 Å². The van der Waals surface area contributed by atoms with Gasteiger partial charge in [-0.25, -0.2) is 4.98 Å². The molecule has 0 aliphatic rings. The number of non-ortho nitro benzene ring substituents is 1. The van der Waals surface area contributed by atoms with E-state index < -0.39 is 4.92 Å². The van der Waals surface area contributed by atoms with E-state index in [-0.39, 0.29) is 22.9 Å². The molecule has 11 heteroatoms. The fraction of sp³-hybridized carbons (Fsp3) is 0.250. The number of aryl methyl sites for hydroxylation is 3. The summed E-state index contributed by atoms with van der Waals surface area (Å²) in [5.41, 5.74) is 2.62. The van der Waals surface area contributed by atoms with E-state index in [4.69, 9.17) is 0 Å². The Balaban J connectivity index is 1.51. The molecule has 4 aromatic rings. The first kappa shape index (κ1) is 24.1. The molecule has 4 rings (SSSR count). The van der Waals surface area contributed by atoms with Gasteiger partial charge in [-0.2, -0.15) is 5.10 Å². The summed E-state index contributed by atoms with van der Waals surface area (Å²) >= 11 is 1.15. The molecule has 2 aromatic heterocycles. The topological polar surface area (TPSA) is 125 Å². The summed E-state index contributed by atoms with van der Waals surface area (Å²) in [6.07, 6.45) is 0.662. The molecule has 1 N–H and O–H groups in total. The Hall–Kier alpha value is -3.99. The van der Waals surface area contributed by atoms with Crippen LogP contribution in [0, 0.1) is 24.0 Å². The highest BCUT2D eigenvalue weighted by Crippen LogP contribution is 2.20. The highest BCUT2D eigenvalue weighted by atomic mass is 32.2. The number of nitrogens with zero attached hydrogens (tertiary/aromatic N) is 5. The molecule has 0 atom stereocenters. The number of fused-ring (bicyclic) bond motifs is 1. The summed E-state index contributed by atoms with van der Waals surface area (Å²) in [5, 5.41) is 19.1. The van der Waals surface area contributed by atoms with Gasteiger partial charge in [0.25, 0.3) is 11.2 Å². The summed E-state index contributed by atoms with van der Waals surface area (Å²) in [4.78, 5) is 40.8. The Morgan fingerprint density at radius 2 is 1.91 bits per heavy atom. The van der Waals surface area contributed by atoms with Gasteiger partial charge >= 0.3 is 0 Å². The van der Waals surface area contributed by atoms with E-state index in [9.17, 15) is 19.7 Å². The van der Waals surface area contributed by atoms with Gasteiger partial charge in [-0.1, -0.05) is 30.0 Å². The average molecular weight is 493 g/mol. The molecule has 0 fully saturated rings. The molecule has 35 heavy (non-hydrogen) atoms. The van der Waals surface area contributed by atoms with Gasteiger partial charge in [-0.05, 0) is 44.5 Å². The van der Waals surface area contributed by atoms with Gasteiger partial charge in [0, 0.05) is 36.6 Å². The summed E-state index contributed by atoms with van der Waals surface area (Å²) in [7, 11) is 0. The molecule has 2 heterocycles. The van der Waals surface area contributed by atoms with E-state index in [2.05, 4.69) is 15.4 Å². The number of anilines is 1. The lowest BCUT2D eigenvalue weighted by molar-refractivity contribution is -0.384. The van der Waals surface area contributed by atoms with Crippen LogP contribution in [0.4, 0.5) is 11.4 Å². The zero-order chi connectivity index (χ0) is 24.9. The second kappa shape index (κ2) is 10.5. The third-order valence-corrected chi connectivity index (χ3v) is 6.33. The van der Waals surface area contributed by atoms with Crippen LogP contribution in [-0.2, 0) is 17.9 Å². The fourth-order valence-electron chi connectivity index (χ4n) is 3.76. The van der Waals surface area contributed by atoms with Gasteiger partial charge in [0.15, 0.2) is 5.16 Å². The van der Waals surface area contributed by atoms with E-state index in [1.165, 1.54) is 18.2 Å². The Labute approximate surface area is 205 Å². The largest absolute Gasteiger partial charge is 0.325 e. The lowest BCUT2D eigenvalue weighted by Crippen LogP contribution is -2.25. The van der Waals surface area contributed by atoms with Gasteiger partial charge in [0.2, 0.25) is 5.91 Å². The lowest BCUT2D eigenvalue weighted by atomic mass is 10.2. The number of para-hydroxylation sites is 1. The summed E-state index contributed by atoms with van der Waals surface area (Å²) in [6, 6.07) is 14.9. The van der Waals surface area contributed by atoms with Crippen LogP contribution in [-0.4, -0.2) is 35.9 Å². The van der Waals surface area contributed by atoms with Crippen LogP contribution in [0.15, 0.2) is 64.5 Å². The molecule has 0 saturated heterocycles. The van der Waals surface area contributed by atoms with Gasteiger partial charge in [-0.15, -0.1) is 0 Å². The first-order chi connectivity index (χ1) is 16.8. The molecule has 0 aliphatic carbocycles. The van der Waals surface area contributed by atoms with E-state index in [1.807, 2.05) is 30.7 Å². The van der Waals surface area contributed by atoms with Gasteiger partial charge in [0.1, 0.15) is 0 Å². The number of benzene rings is 2. The predicted molar refractivity (Wildman–Crippen MR) is 135 cm³/mol. The highest BCUT2D eigenvalue weighted by molar-refractivity contribution is 7.99. The normalized spacial score (nSPS) is 11.0. The fourth-order valence-corrected chi connectivity index (χ4v) is 4.58. The number of hydrogen-bond donors (Lipinski definition) is 1. The summed E-state index contributed by atoms with van der Waals surface area (Å²) < 4.78 is 3.51. The van der Waals surface area contributed by atoms with Gasteiger partial charge < -0.3 is 5.32 Å². The summed E-state index contributed by atoms with van der Waals surface area (Å²) in [6.45, 7) is 5.00. The van der Waals surface area contributed by atoms with E-state index in [1.54, 1.807) is 28.8 Å². The van der Waals surface area contributed by atoms with Crippen LogP contribution in [0.2, 0.25) is 0 Å². The zero-order valence-corrected chi connectivity index (χ0v) is 20.1. The van der Waals surface area contributed by atoms with Crippen molar-refractivity contribution in [2.75, 3.05) is 11.1 Å². The van der Waals surface area contributed by atoms with Crippen molar-refractivity contribution < 1.29 is 9.72 Å². The molecule has 0 unspecified atom stereocenters. The van der Waals surface area contributed by atoms with Crippen molar-refractivity contribution in [3.05, 3.63) is 86.5 Å². The van der Waals surface area contributed by atoms with Crippen molar-refractivity contribution in [2.45, 2.75) is 38.5 Å². The minimum atomic E-state index is -0.520. The minimum absolute atomic E-state index is 0.00900. The Morgan fingerprint density at radius 1 is 1.11 bits per heavy atom. The number of hydrogen-bond acceptors (Lipinski definition) is 7. The van der Waals surface area contributed by atoms with E-state index >= 15 is 0 Å². The second-order valence-corrected chi connectivity index (χ2v) is 8.96. The van der Waals surface area contributed by atoms with Crippen molar-refractivity contribution >= 4 is 39.9 Å². The second-order valence-electron chi connectivity index (χ2n) is 8.02. The Morgan fingerprint density at radius 3 is 2.66 bits per heavy atom. The lowest BCUT2D eigenvalue weighted by Gasteiger charge is -2.13. The average Bonchev–Trinajstić information content (AvgIpc) is 3.16. The number of nitro groups is 1. The SMILES string of the molecule is Cc1cc(C)n(CCCn2c(SCC(=O)Nc3cccc([N+](=O)[O-])c3)nc3ccccc3c2=O)n1. The number of carbonyl (C=O) groups is 1. The number of amides is 1. The molecule has 2 aromatic carbocycles. The van der Waals surface area contributed by atoms with Crippen molar-refractivity contribution in [3.63, 3.8) is 0 Å². The molecular weight excluding hydrogens is 468 g/mol. The van der Waals surface area contributed by atoms with Crippen LogP contribution >= 0.6 is 11.8 Å². The molecule has 0 bridgehead atoms. The number of aromatic nitrogens is 4. The molecule has 0 radical (unpaired) electrons.